The largest absolute Gasteiger partial charge is 0.372 e. The molecule has 0 spiro atoms. The highest BCUT2D eigenvalue weighted by atomic mass is 16.5. The first kappa shape index (κ1) is 15.5. The van der Waals surface area contributed by atoms with Crippen LogP contribution in [0.2, 0.25) is 0 Å². The predicted octanol–water partition coefficient (Wildman–Crippen LogP) is 3.03. The van der Waals surface area contributed by atoms with E-state index in [0.29, 0.717) is 0 Å². The molecule has 1 saturated heterocycles. The molecule has 24 heavy (non-hydrogen) atoms. The number of fused-ring (bicyclic) bond motifs is 1. The Morgan fingerprint density at radius 1 is 1.25 bits per heavy atom. The molecule has 1 atom stereocenters. The summed E-state index contributed by atoms with van der Waals surface area (Å²) in [5, 5.41) is 0. The summed E-state index contributed by atoms with van der Waals surface area (Å²) in [6, 6.07) is 5.89. The fraction of sp³-hybridized carbons (Fsp3) is 0.526. The number of ether oxygens (including phenoxy) is 1. The Kier molecular flexibility index (Phi) is 3.96. The topological polar surface area (TPSA) is 51.1 Å². The van der Waals surface area contributed by atoms with Crippen LogP contribution in [0.4, 0.5) is 5.82 Å². The third-order valence-electron chi connectivity index (χ3n) is 5.19. The summed E-state index contributed by atoms with van der Waals surface area (Å²) >= 11 is 0. The Hall–Kier alpha value is -2.01. The highest BCUT2D eigenvalue weighted by Crippen LogP contribution is 2.33. The molecule has 2 aromatic heterocycles. The van der Waals surface area contributed by atoms with Gasteiger partial charge in [0, 0.05) is 30.5 Å². The zero-order valence-corrected chi connectivity index (χ0v) is 14.5. The smallest absolute Gasteiger partial charge is 0.180 e. The van der Waals surface area contributed by atoms with E-state index in [4.69, 9.17) is 14.7 Å². The number of aryl methyl sites for hydroxylation is 1. The number of rotatable bonds is 3. The number of morpholine rings is 1. The van der Waals surface area contributed by atoms with E-state index in [-0.39, 0.29) is 5.60 Å². The van der Waals surface area contributed by atoms with Gasteiger partial charge in [0.05, 0.1) is 12.2 Å². The highest BCUT2D eigenvalue weighted by Gasteiger charge is 2.33. The van der Waals surface area contributed by atoms with Crippen molar-refractivity contribution >= 4 is 5.82 Å². The van der Waals surface area contributed by atoms with Crippen LogP contribution in [0.25, 0.3) is 11.5 Å². The molecule has 0 amide bonds. The summed E-state index contributed by atoms with van der Waals surface area (Å²) < 4.78 is 6.00. The summed E-state index contributed by atoms with van der Waals surface area (Å²) in [6.45, 7) is 6.91. The standard InChI is InChI=1S/C19H24N4O/c1-3-19(2)13-23(11-12-24-19)18-14-7-6-9-15(14)21-17(22-18)16-8-4-5-10-20-16/h4-5,8,10H,3,6-7,9,11-13H2,1-2H3. The summed E-state index contributed by atoms with van der Waals surface area (Å²) in [7, 11) is 0. The van der Waals surface area contributed by atoms with E-state index in [1.807, 2.05) is 18.2 Å². The van der Waals surface area contributed by atoms with Crippen molar-refractivity contribution < 1.29 is 4.74 Å². The van der Waals surface area contributed by atoms with Crippen molar-refractivity contribution in [1.29, 1.82) is 0 Å². The maximum absolute atomic E-state index is 6.00. The van der Waals surface area contributed by atoms with Crippen LogP contribution in [-0.4, -0.2) is 40.2 Å². The molecule has 0 saturated carbocycles. The predicted molar refractivity (Wildman–Crippen MR) is 94.1 cm³/mol. The van der Waals surface area contributed by atoms with Gasteiger partial charge in [-0.05, 0) is 44.7 Å². The van der Waals surface area contributed by atoms with E-state index in [2.05, 4.69) is 23.7 Å². The van der Waals surface area contributed by atoms with Crippen LogP contribution in [0, 0.1) is 0 Å². The maximum Gasteiger partial charge on any atom is 0.180 e. The minimum atomic E-state index is -0.0974. The molecule has 2 aliphatic rings. The van der Waals surface area contributed by atoms with Gasteiger partial charge < -0.3 is 9.64 Å². The van der Waals surface area contributed by atoms with Gasteiger partial charge in [0.1, 0.15) is 11.5 Å². The summed E-state index contributed by atoms with van der Waals surface area (Å²) in [6.07, 6.45) is 6.09. The second kappa shape index (κ2) is 6.13. The van der Waals surface area contributed by atoms with E-state index in [0.717, 1.165) is 62.7 Å². The van der Waals surface area contributed by atoms with Crippen molar-refractivity contribution in [2.75, 3.05) is 24.6 Å². The van der Waals surface area contributed by atoms with E-state index in [1.165, 1.54) is 11.3 Å². The van der Waals surface area contributed by atoms with Gasteiger partial charge in [-0.25, -0.2) is 9.97 Å². The van der Waals surface area contributed by atoms with Gasteiger partial charge in [-0.2, -0.15) is 0 Å². The number of pyridine rings is 1. The minimum Gasteiger partial charge on any atom is -0.372 e. The highest BCUT2D eigenvalue weighted by molar-refractivity contribution is 5.59. The average Bonchev–Trinajstić information content (AvgIpc) is 3.10. The number of nitrogens with zero attached hydrogens (tertiary/aromatic N) is 4. The Balaban J connectivity index is 1.76. The average molecular weight is 324 g/mol. The Bertz CT molecular complexity index is 734. The van der Waals surface area contributed by atoms with Gasteiger partial charge in [0.15, 0.2) is 5.82 Å². The zero-order chi connectivity index (χ0) is 16.6. The normalized spacial score (nSPS) is 23.3. The van der Waals surface area contributed by atoms with Crippen LogP contribution in [0.5, 0.6) is 0 Å². The third-order valence-corrected chi connectivity index (χ3v) is 5.19. The van der Waals surface area contributed by atoms with E-state index >= 15 is 0 Å². The molecular weight excluding hydrogens is 300 g/mol. The number of anilines is 1. The SMILES string of the molecule is CCC1(C)CN(c2nc(-c3ccccn3)nc3c2CCC3)CCO1. The van der Waals surface area contributed by atoms with E-state index in [9.17, 15) is 0 Å². The lowest BCUT2D eigenvalue weighted by Gasteiger charge is -2.41. The molecule has 1 unspecified atom stereocenters. The summed E-state index contributed by atoms with van der Waals surface area (Å²) in [4.78, 5) is 16.6. The van der Waals surface area contributed by atoms with Gasteiger partial charge >= 0.3 is 0 Å². The van der Waals surface area contributed by atoms with E-state index in [1.54, 1.807) is 6.20 Å². The fourth-order valence-electron chi connectivity index (χ4n) is 3.61. The Morgan fingerprint density at radius 3 is 2.96 bits per heavy atom. The lowest BCUT2D eigenvalue weighted by molar-refractivity contribution is -0.0443. The minimum absolute atomic E-state index is 0.0974. The second-order valence-electron chi connectivity index (χ2n) is 6.94. The molecule has 5 heteroatoms. The molecule has 0 radical (unpaired) electrons. The van der Waals surface area contributed by atoms with Gasteiger partial charge in [-0.3, -0.25) is 4.98 Å². The molecule has 0 N–H and O–H groups in total. The molecular formula is C19H24N4O. The number of hydrogen-bond donors (Lipinski definition) is 0. The molecule has 2 aromatic rings. The maximum atomic E-state index is 6.00. The van der Waals surface area contributed by atoms with Gasteiger partial charge in [0.2, 0.25) is 0 Å². The third kappa shape index (κ3) is 2.77. The first-order valence-corrected chi connectivity index (χ1v) is 8.89. The molecule has 4 rings (SSSR count). The van der Waals surface area contributed by atoms with Crippen LogP contribution in [0.1, 0.15) is 37.9 Å². The number of aromatic nitrogens is 3. The monoisotopic (exact) mass is 324 g/mol. The van der Waals surface area contributed by atoms with Crippen LogP contribution in [-0.2, 0) is 17.6 Å². The molecule has 1 aliphatic heterocycles. The Morgan fingerprint density at radius 2 is 2.17 bits per heavy atom. The van der Waals surface area contributed by atoms with Crippen LogP contribution in [0.15, 0.2) is 24.4 Å². The lowest BCUT2D eigenvalue weighted by Crippen LogP contribution is -2.50. The van der Waals surface area contributed by atoms with E-state index < -0.39 is 0 Å². The molecule has 3 heterocycles. The van der Waals surface area contributed by atoms with Crippen molar-refractivity contribution in [3.05, 3.63) is 35.7 Å². The quantitative estimate of drug-likeness (QED) is 0.868. The van der Waals surface area contributed by atoms with Crippen molar-refractivity contribution in [2.45, 2.75) is 45.1 Å². The molecule has 0 aromatic carbocycles. The number of hydrogen-bond acceptors (Lipinski definition) is 5. The van der Waals surface area contributed by atoms with Gasteiger partial charge in [-0.1, -0.05) is 13.0 Å². The molecule has 0 bridgehead atoms. The molecule has 5 nitrogen and oxygen atoms in total. The second-order valence-corrected chi connectivity index (χ2v) is 6.94. The first-order valence-electron chi connectivity index (χ1n) is 8.89. The van der Waals surface area contributed by atoms with Crippen LogP contribution < -0.4 is 4.90 Å². The summed E-state index contributed by atoms with van der Waals surface area (Å²) in [5.74, 6) is 1.84. The van der Waals surface area contributed by atoms with Crippen LogP contribution >= 0.6 is 0 Å². The zero-order valence-electron chi connectivity index (χ0n) is 14.5. The summed E-state index contributed by atoms with van der Waals surface area (Å²) in [5.41, 5.74) is 3.28. The first-order chi connectivity index (χ1) is 11.7. The molecule has 1 fully saturated rings. The van der Waals surface area contributed by atoms with Crippen LogP contribution in [0.3, 0.4) is 0 Å². The van der Waals surface area contributed by atoms with Gasteiger partial charge in [-0.15, -0.1) is 0 Å². The van der Waals surface area contributed by atoms with Crippen molar-refractivity contribution in [3.63, 3.8) is 0 Å². The van der Waals surface area contributed by atoms with Crippen molar-refractivity contribution in [1.82, 2.24) is 15.0 Å². The van der Waals surface area contributed by atoms with Crippen molar-refractivity contribution in [3.8, 4) is 11.5 Å². The van der Waals surface area contributed by atoms with Crippen molar-refractivity contribution in [2.24, 2.45) is 0 Å². The Labute approximate surface area is 143 Å². The molecule has 126 valence electrons. The lowest BCUT2D eigenvalue weighted by atomic mass is 10.0. The molecule has 1 aliphatic carbocycles. The van der Waals surface area contributed by atoms with Gasteiger partial charge in [0.25, 0.3) is 0 Å². The fourth-order valence-corrected chi connectivity index (χ4v) is 3.61.